The molecule has 2 aromatic carbocycles. The zero-order valence-electron chi connectivity index (χ0n) is 15.0. The number of aryl methyl sites for hydroxylation is 1. The third-order valence-electron chi connectivity index (χ3n) is 4.49. The molecule has 0 aromatic heterocycles. The van der Waals surface area contributed by atoms with Gasteiger partial charge in [-0.1, -0.05) is 6.07 Å². The fraction of sp³-hybridized carbons (Fsp3) is 0.350. The maximum atomic E-state index is 14.0. The topological polar surface area (TPSA) is 38.3 Å². The van der Waals surface area contributed by atoms with Gasteiger partial charge in [0.25, 0.3) is 0 Å². The number of hydrogen-bond acceptors (Lipinski definition) is 2. The van der Waals surface area contributed by atoms with Crippen molar-refractivity contribution in [3.8, 4) is 16.9 Å². The first-order valence-electron chi connectivity index (χ1n) is 8.71. The van der Waals surface area contributed by atoms with Gasteiger partial charge in [0.2, 0.25) is 5.91 Å². The quantitative estimate of drug-likeness (QED) is 0.740. The molecule has 1 aliphatic heterocycles. The van der Waals surface area contributed by atoms with Crippen LogP contribution in [0.2, 0.25) is 0 Å². The summed E-state index contributed by atoms with van der Waals surface area (Å²) in [6.07, 6.45) is -6.45. The molecule has 1 aliphatic rings. The van der Waals surface area contributed by atoms with Crippen LogP contribution in [-0.2, 0) is 11.2 Å². The van der Waals surface area contributed by atoms with Crippen LogP contribution in [0.15, 0.2) is 30.3 Å². The molecular formula is C20H18F5NO2. The zero-order valence-corrected chi connectivity index (χ0v) is 15.0. The van der Waals surface area contributed by atoms with Crippen LogP contribution in [0, 0.1) is 18.6 Å². The third-order valence-corrected chi connectivity index (χ3v) is 4.49. The number of carbonyl (C=O) groups is 1. The summed E-state index contributed by atoms with van der Waals surface area (Å²) in [5.41, 5.74) is 2.04. The van der Waals surface area contributed by atoms with Crippen LogP contribution in [0.4, 0.5) is 22.0 Å². The monoisotopic (exact) mass is 399 g/mol. The van der Waals surface area contributed by atoms with E-state index in [1.807, 2.05) is 0 Å². The van der Waals surface area contributed by atoms with Crippen LogP contribution in [0.3, 0.4) is 0 Å². The summed E-state index contributed by atoms with van der Waals surface area (Å²) >= 11 is 0. The van der Waals surface area contributed by atoms with Gasteiger partial charge in [0, 0.05) is 24.0 Å². The maximum absolute atomic E-state index is 14.0. The lowest BCUT2D eigenvalue weighted by Crippen LogP contribution is -2.34. The molecule has 0 saturated heterocycles. The molecule has 28 heavy (non-hydrogen) atoms. The van der Waals surface area contributed by atoms with E-state index in [1.165, 1.54) is 24.3 Å². The van der Waals surface area contributed by atoms with Crippen molar-refractivity contribution in [2.75, 3.05) is 6.54 Å². The van der Waals surface area contributed by atoms with Gasteiger partial charge < -0.3 is 10.1 Å². The number of ether oxygens (including phenoxy) is 1. The molecule has 3 nitrogen and oxygen atoms in total. The van der Waals surface area contributed by atoms with E-state index in [4.69, 9.17) is 4.74 Å². The Morgan fingerprint density at radius 1 is 1.21 bits per heavy atom. The molecule has 1 atom stereocenters. The summed E-state index contributed by atoms with van der Waals surface area (Å²) in [5.74, 6) is -1.15. The average Bonchev–Trinajstić information content (AvgIpc) is 3.02. The Morgan fingerprint density at radius 3 is 2.64 bits per heavy atom. The van der Waals surface area contributed by atoms with Crippen LogP contribution in [0.25, 0.3) is 11.1 Å². The highest BCUT2D eigenvalue weighted by molar-refractivity contribution is 5.76. The predicted molar refractivity (Wildman–Crippen MR) is 92.9 cm³/mol. The van der Waals surface area contributed by atoms with Gasteiger partial charge in [0.15, 0.2) is 0 Å². The Morgan fingerprint density at radius 2 is 1.96 bits per heavy atom. The highest BCUT2D eigenvalue weighted by Gasteiger charge is 2.30. The van der Waals surface area contributed by atoms with Crippen molar-refractivity contribution in [1.82, 2.24) is 5.32 Å². The molecule has 0 aliphatic carbocycles. The number of rotatable bonds is 5. The lowest BCUT2D eigenvalue weighted by atomic mass is 9.99. The van der Waals surface area contributed by atoms with Crippen molar-refractivity contribution in [1.29, 1.82) is 0 Å². The first-order valence-corrected chi connectivity index (χ1v) is 8.71. The van der Waals surface area contributed by atoms with Crippen LogP contribution >= 0.6 is 0 Å². The number of amides is 1. The van der Waals surface area contributed by atoms with Crippen molar-refractivity contribution in [2.45, 2.75) is 38.5 Å². The van der Waals surface area contributed by atoms with Gasteiger partial charge in [-0.3, -0.25) is 4.79 Å². The molecule has 1 heterocycles. The minimum Gasteiger partial charge on any atom is -0.487 e. The van der Waals surface area contributed by atoms with Crippen LogP contribution in [-0.4, -0.2) is 24.7 Å². The summed E-state index contributed by atoms with van der Waals surface area (Å²) in [7, 11) is 0. The van der Waals surface area contributed by atoms with E-state index in [-0.39, 0.29) is 12.4 Å². The summed E-state index contributed by atoms with van der Waals surface area (Å²) in [6, 6.07) is 7.00. The van der Waals surface area contributed by atoms with Crippen LogP contribution in [0.5, 0.6) is 5.75 Å². The predicted octanol–water partition coefficient (Wildman–Crippen LogP) is 4.70. The number of carbonyl (C=O) groups excluding carboxylic acids is 1. The molecular weight excluding hydrogens is 381 g/mol. The summed E-state index contributed by atoms with van der Waals surface area (Å²) in [6.45, 7) is 1.60. The van der Waals surface area contributed by atoms with Crippen molar-refractivity contribution in [3.63, 3.8) is 0 Å². The third kappa shape index (κ3) is 4.79. The van der Waals surface area contributed by atoms with Crippen molar-refractivity contribution >= 4 is 5.91 Å². The van der Waals surface area contributed by atoms with Gasteiger partial charge in [0.05, 0.1) is 13.0 Å². The fourth-order valence-corrected chi connectivity index (χ4v) is 3.11. The molecule has 0 radical (unpaired) electrons. The van der Waals surface area contributed by atoms with Crippen LogP contribution < -0.4 is 10.1 Å². The second-order valence-electron chi connectivity index (χ2n) is 6.77. The van der Waals surface area contributed by atoms with E-state index in [0.717, 1.165) is 0 Å². The summed E-state index contributed by atoms with van der Waals surface area (Å²) in [5, 5.41) is 2.42. The Balaban J connectivity index is 1.70. The van der Waals surface area contributed by atoms with Gasteiger partial charge in [-0.15, -0.1) is 0 Å². The molecule has 0 unspecified atom stereocenters. The fourth-order valence-electron chi connectivity index (χ4n) is 3.11. The van der Waals surface area contributed by atoms with E-state index in [9.17, 15) is 26.7 Å². The molecule has 0 bridgehead atoms. The maximum Gasteiger partial charge on any atom is 0.389 e. The largest absolute Gasteiger partial charge is 0.487 e. The van der Waals surface area contributed by atoms with E-state index in [0.29, 0.717) is 34.4 Å². The lowest BCUT2D eigenvalue weighted by molar-refractivity contribution is -0.144. The van der Waals surface area contributed by atoms with Crippen molar-refractivity contribution in [2.24, 2.45) is 0 Å². The normalized spacial score (nSPS) is 15.9. The molecule has 3 rings (SSSR count). The molecule has 1 amide bonds. The molecule has 0 saturated carbocycles. The number of halogens is 5. The lowest BCUT2D eigenvalue weighted by Gasteiger charge is -2.14. The second-order valence-corrected chi connectivity index (χ2v) is 6.77. The van der Waals surface area contributed by atoms with Gasteiger partial charge in [-0.2, -0.15) is 13.2 Å². The van der Waals surface area contributed by atoms with Gasteiger partial charge in [0.1, 0.15) is 23.5 Å². The van der Waals surface area contributed by atoms with Crippen molar-refractivity contribution < 1.29 is 31.5 Å². The molecule has 0 fully saturated rings. The minimum absolute atomic E-state index is 0.00880. The standard InChI is InChI=1S/C20H18F5NO2/c1-11-6-12(2-3-17(11)22)16-9-14(21)7-13-8-15(28-19(13)16)10-26-18(27)4-5-20(23,24)25/h2-3,6-7,9,15H,4-5,8,10H2,1H3,(H,26,27)/t15-/m1/s1. The first-order chi connectivity index (χ1) is 13.1. The van der Waals surface area contributed by atoms with E-state index in [2.05, 4.69) is 5.32 Å². The zero-order chi connectivity index (χ0) is 20.5. The number of hydrogen-bond donors (Lipinski definition) is 1. The smallest absolute Gasteiger partial charge is 0.389 e. The minimum atomic E-state index is -4.39. The molecule has 150 valence electrons. The number of nitrogens with one attached hydrogen (secondary N) is 1. The van der Waals surface area contributed by atoms with Gasteiger partial charge in [-0.25, -0.2) is 8.78 Å². The Labute approximate surface area is 158 Å². The van der Waals surface area contributed by atoms with E-state index < -0.39 is 36.8 Å². The van der Waals surface area contributed by atoms with E-state index >= 15 is 0 Å². The SMILES string of the molecule is Cc1cc(-c2cc(F)cc3c2O[C@@H](CNC(=O)CCC(F)(F)F)C3)ccc1F. The number of fused-ring (bicyclic) bond motifs is 1. The van der Waals surface area contributed by atoms with Crippen LogP contribution in [0.1, 0.15) is 24.0 Å². The Bertz CT molecular complexity index is 895. The second kappa shape index (κ2) is 7.77. The molecule has 1 N–H and O–H groups in total. The number of benzene rings is 2. The highest BCUT2D eigenvalue weighted by Crippen LogP contribution is 2.40. The number of alkyl halides is 3. The Kier molecular flexibility index (Phi) is 5.58. The highest BCUT2D eigenvalue weighted by atomic mass is 19.4. The van der Waals surface area contributed by atoms with Gasteiger partial charge >= 0.3 is 6.18 Å². The summed E-state index contributed by atoms with van der Waals surface area (Å²) in [4.78, 5) is 11.6. The van der Waals surface area contributed by atoms with E-state index in [1.54, 1.807) is 13.0 Å². The van der Waals surface area contributed by atoms with Gasteiger partial charge in [-0.05, 0) is 42.3 Å². The average molecular weight is 399 g/mol. The Hall–Kier alpha value is -2.64. The molecule has 2 aromatic rings. The first kappa shape index (κ1) is 20.1. The molecule has 0 spiro atoms. The summed E-state index contributed by atoms with van der Waals surface area (Å²) < 4.78 is 69.9. The van der Waals surface area contributed by atoms with Crippen molar-refractivity contribution in [3.05, 3.63) is 53.1 Å². The molecule has 8 heteroatoms.